The zero-order valence-electron chi connectivity index (χ0n) is 16.0. The quantitative estimate of drug-likeness (QED) is 0.520. The van der Waals surface area contributed by atoms with E-state index in [1.807, 2.05) is 17.8 Å². The number of hydrogen-bond donors (Lipinski definition) is 1. The van der Waals surface area contributed by atoms with Gasteiger partial charge in [0.25, 0.3) is 17.7 Å². The van der Waals surface area contributed by atoms with Crippen LogP contribution in [0.5, 0.6) is 0 Å². The molecule has 0 fully saturated rings. The molecular weight excluding hydrogens is 368 g/mol. The predicted molar refractivity (Wildman–Crippen MR) is 108 cm³/mol. The summed E-state index contributed by atoms with van der Waals surface area (Å²) in [5, 5.41) is 7.08. The SMILES string of the molecule is Cc1cnn(CCCNC(=O)c2cccc(N3C(=O)c4ccccc4C3=O)c2)c1. The summed E-state index contributed by atoms with van der Waals surface area (Å²) in [4.78, 5) is 38.9. The normalized spacial score (nSPS) is 12.9. The van der Waals surface area contributed by atoms with Gasteiger partial charge in [-0.3, -0.25) is 19.1 Å². The van der Waals surface area contributed by atoms with Crippen LogP contribution in [0.1, 0.15) is 43.1 Å². The standard InChI is InChI=1S/C22H20N4O3/c1-15-13-24-25(14-15)11-5-10-23-20(27)16-6-4-7-17(12-16)26-21(28)18-8-2-3-9-19(18)22(26)29/h2-4,6-9,12-14H,5,10-11H2,1H3,(H,23,27). The first-order valence-electron chi connectivity index (χ1n) is 9.40. The summed E-state index contributed by atoms with van der Waals surface area (Å²) >= 11 is 0. The fourth-order valence-corrected chi connectivity index (χ4v) is 3.34. The highest BCUT2D eigenvalue weighted by Gasteiger charge is 2.36. The summed E-state index contributed by atoms with van der Waals surface area (Å²) in [5.41, 5.74) is 2.63. The Bertz CT molecular complexity index is 1070. The first-order valence-corrected chi connectivity index (χ1v) is 9.40. The Balaban J connectivity index is 1.41. The van der Waals surface area contributed by atoms with Gasteiger partial charge in [-0.05, 0) is 49.2 Å². The van der Waals surface area contributed by atoms with Crippen LogP contribution < -0.4 is 10.2 Å². The Kier molecular flexibility index (Phi) is 4.95. The van der Waals surface area contributed by atoms with Crippen LogP contribution in [0.2, 0.25) is 0 Å². The van der Waals surface area contributed by atoms with Gasteiger partial charge in [-0.2, -0.15) is 5.10 Å². The maximum absolute atomic E-state index is 12.6. The van der Waals surface area contributed by atoms with Crippen molar-refractivity contribution in [2.75, 3.05) is 11.4 Å². The Hall–Kier alpha value is -3.74. The first-order chi connectivity index (χ1) is 14.0. The van der Waals surface area contributed by atoms with E-state index in [1.54, 1.807) is 54.7 Å². The molecule has 0 aliphatic carbocycles. The number of imide groups is 1. The number of aryl methyl sites for hydroxylation is 2. The van der Waals surface area contributed by atoms with Gasteiger partial charge in [0, 0.05) is 24.8 Å². The second-order valence-electron chi connectivity index (χ2n) is 6.93. The lowest BCUT2D eigenvalue weighted by Crippen LogP contribution is -2.30. The van der Waals surface area contributed by atoms with Crippen LogP contribution in [-0.2, 0) is 6.54 Å². The fraction of sp³-hybridized carbons (Fsp3) is 0.182. The van der Waals surface area contributed by atoms with Crippen LogP contribution in [-0.4, -0.2) is 34.0 Å². The number of nitrogens with one attached hydrogen (secondary N) is 1. The molecule has 4 rings (SSSR count). The maximum Gasteiger partial charge on any atom is 0.266 e. The smallest absolute Gasteiger partial charge is 0.266 e. The molecule has 0 saturated carbocycles. The van der Waals surface area contributed by atoms with Crippen LogP contribution in [0.15, 0.2) is 60.9 Å². The van der Waals surface area contributed by atoms with E-state index in [0.29, 0.717) is 35.5 Å². The number of rotatable bonds is 6. The molecule has 1 aliphatic rings. The molecule has 1 aliphatic heterocycles. The number of carbonyl (C=O) groups excluding carboxylic acids is 3. The van der Waals surface area contributed by atoms with Gasteiger partial charge in [0.1, 0.15) is 0 Å². The van der Waals surface area contributed by atoms with Gasteiger partial charge < -0.3 is 5.32 Å². The lowest BCUT2D eigenvalue weighted by Gasteiger charge is -2.15. The molecule has 2 heterocycles. The molecule has 1 aromatic heterocycles. The van der Waals surface area contributed by atoms with Gasteiger partial charge in [0.15, 0.2) is 0 Å². The molecule has 0 radical (unpaired) electrons. The van der Waals surface area contributed by atoms with Gasteiger partial charge in [0.2, 0.25) is 0 Å². The van der Waals surface area contributed by atoms with Gasteiger partial charge in [-0.1, -0.05) is 18.2 Å². The molecule has 0 atom stereocenters. The lowest BCUT2D eigenvalue weighted by atomic mass is 10.1. The molecule has 29 heavy (non-hydrogen) atoms. The van der Waals surface area contributed by atoms with Gasteiger partial charge in [-0.25, -0.2) is 4.90 Å². The van der Waals surface area contributed by atoms with E-state index in [9.17, 15) is 14.4 Å². The van der Waals surface area contributed by atoms with Crippen LogP contribution >= 0.6 is 0 Å². The number of carbonyl (C=O) groups is 3. The number of anilines is 1. The topological polar surface area (TPSA) is 84.3 Å². The predicted octanol–water partition coefficient (Wildman–Crippen LogP) is 2.81. The Morgan fingerprint density at radius 1 is 1.03 bits per heavy atom. The largest absolute Gasteiger partial charge is 0.352 e. The fourth-order valence-electron chi connectivity index (χ4n) is 3.34. The Morgan fingerprint density at radius 3 is 2.41 bits per heavy atom. The van der Waals surface area contributed by atoms with Crippen molar-refractivity contribution in [1.29, 1.82) is 0 Å². The highest BCUT2D eigenvalue weighted by atomic mass is 16.2. The van der Waals surface area contributed by atoms with Crippen molar-refractivity contribution in [2.24, 2.45) is 0 Å². The number of aromatic nitrogens is 2. The summed E-state index contributed by atoms with van der Waals surface area (Å²) in [6.07, 6.45) is 4.49. The van der Waals surface area contributed by atoms with Crippen LogP contribution in [0.25, 0.3) is 0 Å². The van der Waals surface area contributed by atoms with Crippen molar-refractivity contribution in [1.82, 2.24) is 15.1 Å². The molecule has 1 N–H and O–H groups in total. The number of hydrogen-bond acceptors (Lipinski definition) is 4. The molecular formula is C22H20N4O3. The number of fused-ring (bicyclic) bond motifs is 1. The average Bonchev–Trinajstić information content (AvgIpc) is 3.26. The molecule has 0 bridgehead atoms. The summed E-state index contributed by atoms with van der Waals surface area (Å²) in [7, 11) is 0. The molecule has 3 amide bonds. The van der Waals surface area contributed by atoms with E-state index in [4.69, 9.17) is 0 Å². The average molecular weight is 388 g/mol. The van der Waals surface area contributed by atoms with E-state index in [2.05, 4.69) is 10.4 Å². The third kappa shape index (κ3) is 3.67. The molecule has 3 aromatic rings. The molecule has 146 valence electrons. The maximum atomic E-state index is 12.6. The van der Waals surface area contributed by atoms with Gasteiger partial charge >= 0.3 is 0 Å². The summed E-state index contributed by atoms with van der Waals surface area (Å²) in [6, 6.07) is 13.3. The van der Waals surface area contributed by atoms with Crippen molar-refractivity contribution >= 4 is 23.4 Å². The minimum atomic E-state index is -0.377. The van der Waals surface area contributed by atoms with Crippen molar-refractivity contribution < 1.29 is 14.4 Å². The molecule has 7 nitrogen and oxygen atoms in total. The first kappa shape index (κ1) is 18.6. The summed E-state index contributed by atoms with van der Waals surface area (Å²) in [6.45, 7) is 3.19. The number of benzene rings is 2. The highest BCUT2D eigenvalue weighted by molar-refractivity contribution is 6.34. The van der Waals surface area contributed by atoms with Crippen LogP contribution in [0, 0.1) is 6.92 Å². The second kappa shape index (κ2) is 7.71. The van der Waals surface area contributed by atoms with Crippen molar-refractivity contribution in [3.05, 3.63) is 83.2 Å². The lowest BCUT2D eigenvalue weighted by molar-refractivity contribution is 0.0919. The minimum Gasteiger partial charge on any atom is -0.352 e. The van der Waals surface area contributed by atoms with E-state index >= 15 is 0 Å². The zero-order valence-corrected chi connectivity index (χ0v) is 16.0. The molecule has 7 heteroatoms. The molecule has 0 spiro atoms. The Morgan fingerprint density at radius 2 is 1.76 bits per heavy atom. The molecule has 2 aromatic carbocycles. The number of nitrogens with zero attached hydrogens (tertiary/aromatic N) is 3. The molecule has 0 saturated heterocycles. The van der Waals surface area contributed by atoms with Crippen molar-refractivity contribution in [3.8, 4) is 0 Å². The van der Waals surface area contributed by atoms with Crippen molar-refractivity contribution in [2.45, 2.75) is 19.9 Å². The molecule has 0 unspecified atom stereocenters. The van der Waals surface area contributed by atoms with Crippen LogP contribution in [0.4, 0.5) is 5.69 Å². The van der Waals surface area contributed by atoms with E-state index in [-0.39, 0.29) is 17.7 Å². The highest BCUT2D eigenvalue weighted by Crippen LogP contribution is 2.28. The zero-order chi connectivity index (χ0) is 20.4. The third-order valence-electron chi connectivity index (χ3n) is 4.77. The van der Waals surface area contributed by atoms with Crippen molar-refractivity contribution in [3.63, 3.8) is 0 Å². The van der Waals surface area contributed by atoms with Gasteiger partial charge in [-0.15, -0.1) is 0 Å². The van der Waals surface area contributed by atoms with E-state index < -0.39 is 0 Å². The Labute approximate surface area is 167 Å². The third-order valence-corrected chi connectivity index (χ3v) is 4.77. The van der Waals surface area contributed by atoms with E-state index in [0.717, 1.165) is 16.9 Å². The van der Waals surface area contributed by atoms with E-state index in [1.165, 1.54) is 0 Å². The monoisotopic (exact) mass is 388 g/mol. The second-order valence-corrected chi connectivity index (χ2v) is 6.93. The summed E-state index contributed by atoms with van der Waals surface area (Å²) < 4.78 is 1.84. The van der Waals surface area contributed by atoms with Gasteiger partial charge in [0.05, 0.1) is 23.0 Å². The van der Waals surface area contributed by atoms with Crippen LogP contribution in [0.3, 0.4) is 0 Å². The summed E-state index contributed by atoms with van der Waals surface area (Å²) in [5.74, 6) is -1.00. The number of amides is 3. The minimum absolute atomic E-state index is 0.250.